The third-order valence-corrected chi connectivity index (χ3v) is 3.88. The summed E-state index contributed by atoms with van der Waals surface area (Å²) in [6, 6.07) is 8.15. The number of hydrogen-bond acceptors (Lipinski definition) is 3. The highest BCUT2D eigenvalue weighted by Gasteiger charge is 2.52. The van der Waals surface area contributed by atoms with E-state index in [0.717, 1.165) is 24.1 Å². The number of β-amino-alcohol motifs (C(OH)–C–C–N with tert-alkyl or cyclic N) is 1. The summed E-state index contributed by atoms with van der Waals surface area (Å²) in [7, 11) is 0. The van der Waals surface area contributed by atoms with Crippen molar-refractivity contribution in [3.05, 3.63) is 29.3 Å². The molecule has 0 spiro atoms. The molecule has 2 aliphatic rings. The zero-order valence-electron chi connectivity index (χ0n) is 9.98. The Morgan fingerprint density at radius 2 is 2.12 bits per heavy atom. The molecule has 88 valence electrons. The van der Waals surface area contributed by atoms with Crippen LogP contribution in [-0.2, 0) is 0 Å². The predicted molar refractivity (Wildman–Crippen MR) is 65.8 cm³/mol. The van der Waals surface area contributed by atoms with E-state index in [2.05, 4.69) is 11.0 Å². The van der Waals surface area contributed by atoms with Crippen molar-refractivity contribution >= 4 is 5.69 Å². The summed E-state index contributed by atoms with van der Waals surface area (Å²) in [5.41, 5.74) is 2.28. The molecule has 1 aliphatic heterocycles. The van der Waals surface area contributed by atoms with Gasteiger partial charge in [-0.05, 0) is 43.4 Å². The van der Waals surface area contributed by atoms with Crippen molar-refractivity contribution in [2.45, 2.75) is 25.4 Å². The predicted octanol–water partition coefficient (Wildman–Crippen LogP) is 1.83. The fourth-order valence-corrected chi connectivity index (χ4v) is 2.68. The highest BCUT2D eigenvalue weighted by molar-refractivity contribution is 5.62. The number of nitriles is 1. The van der Waals surface area contributed by atoms with Gasteiger partial charge in [0.25, 0.3) is 0 Å². The van der Waals surface area contributed by atoms with Gasteiger partial charge in [-0.15, -0.1) is 0 Å². The Hall–Kier alpha value is -1.53. The molecule has 1 saturated carbocycles. The van der Waals surface area contributed by atoms with E-state index in [-0.39, 0.29) is 0 Å². The van der Waals surface area contributed by atoms with Gasteiger partial charge in [0, 0.05) is 13.1 Å². The van der Waals surface area contributed by atoms with Gasteiger partial charge in [0.05, 0.1) is 11.3 Å². The summed E-state index contributed by atoms with van der Waals surface area (Å²) in [5, 5.41) is 19.4. The van der Waals surface area contributed by atoms with Gasteiger partial charge in [-0.25, -0.2) is 0 Å². The molecule has 3 rings (SSSR count). The Morgan fingerprint density at radius 1 is 1.41 bits per heavy atom. The molecule has 1 aliphatic carbocycles. The van der Waals surface area contributed by atoms with Crippen molar-refractivity contribution < 1.29 is 5.11 Å². The number of rotatable bonds is 2. The Kier molecular flexibility index (Phi) is 2.17. The van der Waals surface area contributed by atoms with Crippen molar-refractivity contribution in [1.29, 1.82) is 5.26 Å². The summed E-state index contributed by atoms with van der Waals surface area (Å²) in [5.74, 6) is 0.495. The molecule has 3 heteroatoms. The molecule has 0 unspecified atom stereocenters. The van der Waals surface area contributed by atoms with Gasteiger partial charge < -0.3 is 10.0 Å². The lowest BCUT2D eigenvalue weighted by atomic mass is 9.87. The van der Waals surface area contributed by atoms with E-state index in [0.29, 0.717) is 24.6 Å². The lowest BCUT2D eigenvalue weighted by molar-refractivity contribution is -0.00932. The van der Waals surface area contributed by atoms with E-state index in [9.17, 15) is 5.11 Å². The van der Waals surface area contributed by atoms with E-state index < -0.39 is 5.60 Å². The molecule has 0 atom stereocenters. The van der Waals surface area contributed by atoms with E-state index in [4.69, 9.17) is 5.26 Å². The largest absolute Gasteiger partial charge is 0.386 e. The molecule has 0 amide bonds. The number of benzene rings is 1. The van der Waals surface area contributed by atoms with Gasteiger partial charge in [-0.3, -0.25) is 0 Å². The number of anilines is 1. The van der Waals surface area contributed by atoms with Crippen LogP contribution in [0.3, 0.4) is 0 Å². The van der Waals surface area contributed by atoms with Crippen LogP contribution in [0.5, 0.6) is 0 Å². The lowest BCUT2D eigenvalue weighted by Crippen LogP contribution is -2.63. The summed E-state index contributed by atoms with van der Waals surface area (Å²) >= 11 is 0. The van der Waals surface area contributed by atoms with Crippen LogP contribution in [0, 0.1) is 24.2 Å². The second kappa shape index (κ2) is 3.48. The first kappa shape index (κ1) is 10.6. The number of nitrogens with zero attached hydrogens (tertiary/aromatic N) is 2. The van der Waals surface area contributed by atoms with E-state index in [1.165, 1.54) is 0 Å². The minimum absolute atomic E-state index is 0.488. The second-order valence-electron chi connectivity index (χ2n) is 5.37. The molecule has 1 aromatic rings. The van der Waals surface area contributed by atoms with Gasteiger partial charge in [0.2, 0.25) is 0 Å². The fourth-order valence-electron chi connectivity index (χ4n) is 2.68. The summed E-state index contributed by atoms with van der Waals surface area (Å²) in [6.07, 6.45) is 2.31. The van der Waals surface area contributed by atoms with Crippen LogP contribution in [0.4, 0.5) is 5.69 Å². The van der Waals surface area contributed by atoms with Gasteiger partial charge in [-0.1, -0.05) is 6.07 Å². The molecule has 1 N–H and O–H groups in total. The first-order valence-corrected chi connectivity index (χ1v) is 6.10. The van der Waals surface area contributed by atoms with Crippen molar-refractivity contribution in [3.8, 4) is 6.07 Å². The molecule has 0 aromatic heterocycles. The molecule has 17 heavy (non-hydrogen) atoms. The SMILES string of the molecule is Cc1ccc(N2CC(O)(C3CC3)C2)c(C#N)c1. The average Bonchev–Trinajstić information content (AvgIpc) is 3.09. The van der Waals surface area contributed by atoms with Crippen LogP contribution in [0.2, 0.25) is 0 Å². The Bertz CT molecular complexity index is 493. The fraction of sp³-hybridized carbons (Fsp3) is 0.500. The molecule has 1 heterocycles. The highest BCUT2D eigenvalue weighted by Crippen LogP contribution is 2.46. The van der Waals surface area contributed by atoms with Crippen molar-refractivity contribution in [2.75, 3.05) is 18.0 Å². The van der Waals surface area contributed by atoms with Crippen LogP contribution in [0.1, 0.15) is 24.0 Å². The minimum atomic E-state index is -0.488. The maximum atomic E-state index is 10.3. The quantitative estimate of drug-likeness (QED) is 0.840. The third-order valence-electron chi connectivity index (χ3n) is 3.88. The van der Waals surface area contributed by atoms with E-state index >= 15 is 0 Å². The third kappa shape index (κ3) is 1.69. The van der Waals surface area contributed by atoms with Crippen LogP contribution >= 0.6 is 0 Å². The average molecular weight is 228 g/mol. The zero-order valence-corrected chi connectivity index (χ0v) is 9.98. The van der Waals surface area contributed by atoms with Gasteiger partial charge in [-0.2, -0.15) is 5.26 Å². The minimum Gasteiger partial charge on any atom is -0.386 e. The van der Waals surface area contributed by atoms with Crippen molar-refractivity contribution in [3.63, 3.8) is 0 Å². The second-order valence-corrected chi connectivity index (χ2v) is 5.37. The highest BCUT2D eigenvalue weighted by atomic mass is 16.3. The van der Waals surface area contributed by atoms with Crippen LogP contribution in [0.15, 0.2) is 18.2 Å². The zero-order chi connectivity index (χ0) is 12.0. The summed E-state index contributed by atoms with van der Waals surface area (Å²) in [4.78, 5) is 2.11. The molecule has 1 aromatic carbocycles. The molecule has 0 bridgehead atoms. The smallest absolute Gasteiger partial charge is 0.102 e. The van der Waals surface area contributed by atoms with E-state index in [1.807, 2.05) is 25.1 Å². The number of aryl methyl sites for hydroxylation is 1. The standard InChI is InChI=1S/C14H16N2O/c1-10-2-5-13(11(6-10)7-15)16-8-14(17,9-16)12-3-4-12/h2,5-6,12,17H,3-4,8-9H2,1H3. The van der Waals surface area contributed by atoms with Crippen LogP contribution < -0.4 is 4.90 Å². The van der Waals surface area contributed by atoms with Crippen LogP contribution in [-0.4, -0.2) is 23.8 Å². The van der Waals surface area contributed by atoms with Gasteiger partial charge in [0.15, 0.2) is 0 Å². The lowest BCUT2D eigenvalue weighted by Gasteiger charge is -2.48. The topological polar surface area (TPSA) is 47.3 Å². The van der Waals surface area contributed by atoms with Crippen LogP contribution in [0.25, 0.3) is 0 Å². The molecule has 0 radical (unpaired) electrons. The van der Waals surface area contributed by atoms with Gasteiger partial charge >= 0.3 is 0 Å². The Balaban J connectivity index is 1.81. The maximum absolute atomic E-state index is 10.3. The Morgan fingerprint density at radius 3 is 2.71 bits per heavy atom. The number of aliphatic hydroxyl groups is 1. The van der Waals surface area contributed by atoms with E-state index in [1.54, 1.807) is 0 Å². The summed E-state index contributed by atoms with van der Waals surface area (Å²) in [6.45, 7) is 3.34. The maximum Gasteiger partial charge on any atom is 0.102 e. The molecular weight excluding hydrogens is 212 g/mol. The first-order valence-electron chi connectivity index (χ1n) is 6.10. The molecule has 3 nitrogen and oxygen atoms in total. The molecular formula is C14H16N2O. The molecule has 1 saturated heterocycles. The Labute approximate surface area is 101 Å². The number of hydrogen-bond donors (Lipinski definition) is 1. The monoisotopic (exact) mass is 228 g/mol. The summed E-state index contributed by atoms with van der Waals surface area (Å²) < 4.78 is 0. The van der Waals surface area contributed by atoms with Crippen molar-refractivity contribution in [2.24, 2.45) is 5.92 Å². The first-order chi connectivity index (χ1) is 8.12. The van der Waals surface area contributed by atoms with Crippen molar-refractivity contribution in [1.82, 2.24) is 0 Å². The molecule has 2 fully saturated rings. The van der Waals surface area contributed by atoms with Gasteiger partial charge in [0.1, 0.15) is 11.7 Å². The normalized spacial score (nSPS) is 21.8.